The molecule has 3 heteroatoms. The lowest BCUT2D eigenvalue weighted by Crippen LogP contribution is -2.62. The number of unbranched alkanes of at least 4 members (excludes halogenated alkanes) is 2. The number of nitrogens with zero attached hydrogens (tertiary/aromatic N) is 1. The van der Waals surface area contributed by atoms with Gasteiger partial charge in [-0.15, -0.1) is 0 Å². The maximum absolute atomic E-state index is 9.31. The highest BCUT2D eigenvalue weighted by Gasteiger charge is 2.31. The van der Waals surface area contributed by atoms with E-state index in [2.05, 4.69) is 31.0 Å². The van der Waals surface area contributed by atoms with E-state index >= 15 is 0 Å². The van der Waals surface area contributed by atoms with Crippen LogP contribution >= 0.6 is 0 Å². The first-order valence-corrected chi connectivity index (χ1v) is 6.19. The molecule has 0 spiro atoms. The van der Waals surface area contributed by atoms with Gasteiger partial charge in [0.1, 0.15) is 0 Å². The number of aliphatic hydroxyl groups is 1. The minimum atomic E-state index is 0.192. The maximum Gasteiger partial charge on any atom is 0.0599 e. The van der Waals surface area contributed by atoms with Crippen LogP contribution in [0.4, 0.5) is 0 Å². The van der Waals surface area contributed by atoms with Crippen LogP contribution in [-0.2, 0) is 0 Å². The van der Waals surface area contributed by atoms with Gasteiger partial charge in [-0.1, -0.05) is 19.8 Å². The van der Waals surface area contributed by atoms with Crippen LogP contribution in [0.2, 0.25) is 0 Å². The zero-order valence-corrected chi connectivity index (χ0v) is 10.4. The summed E-state index contributed by atoms with van der Waals surface area (Å²) in [6.45, 7) is 10.0. The molecule has 1 unspecified atom stereocenters. The van der Waals surface area contributed by atoms with Gasteiger partial charge in [0.15, 0.2) is 0 Å². The van der Waals surface area contributed by atoms with Crippen molar-refractivity contribution in [2.75, 3.05) is 26.2 Å². The summed E-state index contributed by atoms with van der Waals surface area (Å²) in [5.74, 6) is 0. The lowest BCUT2D eigenvalue weighted by molar-refractivity contribution is 0.0559. The van der Waals surface area contributed by atoms with Crippen LogP contribution in [0.25, 0.3) is 0 Å². The fourth-order valence-corrected chi connectivity index (χ4v) is 2.22. The molecule has 0 aromatic heterocycles. The summed E-state index contributed by atoms with van der Waals surface area (Å²) in [4.78, 5) is 2.44. The number of hydrogen-bond donors (Lipinski definition) is 2. The molecular weight excluding hydrogens is 188 g/mol. The third kappa shape index (κ3) is 4.09. The molecule has 2 N–H and O–H groups in total. The normalized spacial score (nSPS) is 26.8. The van der Waals surface area contributed by atoms with Gasteiger partial charge in [-0.2, -0.15) is 0 Å². The molecule has 0 aromatic carbocycles. The molecule has 1 aliphatic rings. The maximum atomic E-state index is 9.31. The largest absolute Gasteiger partial charge is 0.395 e. The third-order valence-corrected chi connectivity index (χ3v) is 3.19. The summed E-state index contributed by atoms with van der Waals surface area (Å²) in [5, 5.41) is 12.8. The molecule has 1 atom stereocenters. The highest BCUT2D eigenvalue weighted by atomic mass is 16.3. The Bertz CT molecular complexity index is 182. The van der Waals surface area contributed by atoms with Crippen LogP contribution in [0.1, 0.15) is 40.0 Å². The molecular formula is C12H26N2O. The van der Waals surface area contributed by atoms with E-state index in [-0.39, 0.29) is 12.1 Å². The van der Waals surface area contributed by atoms with Gasteiger partial charge >= 0.3 is 0 Å². The van der Waals surface area contributed by atoms with Gasteiger partial charge in [-0.25, -0.2) is 0 Å². The van der Waals surface area contributed by atoms with E-state index in [1.54, 1.807) is 0 Å². The van der Waals surface area contributed by atoms with E-state index in [0.29, 0.717) is 6.04 Å². The second-order valence-corrected chi connectivity index (χ2v) is 5.28. The highest BCUT2D eigenvalue weighted by Crippen LogP contribution is 2.15. The van der Waals surface area contributed by atoms with Gasteiger partial charge < -0.3 is 10.4 Å². The van der Waals surface area contributed by atoms with Crippen molar-refractivity contribution in [3.8, 4) is 0 Å². The number of piperazine rings is 1. The number of hydrogen-bond acceptors (Lipinski definition) is 3. The summed E-state index contributed by atoms with van der Waals surface area (Å²) in [7, 11) is 0. The van der Waals surface area contributed by atoms with Crippen LogP contribution in [0, 0.1) is 0 Å². The fourth-order valence-electron chi connectivity index (χ4n) is 2.22. The van der Waals surface area contributed by atoms with E-state index in [1.165, 1.54) is 19.3 Å². The smallest absolute Gasteiger partial charge is 0.0599 e. The first-order chi connectivity index (χ1) is 7.09. The zero-order valence-electron chi connectivity index (χ0n) is 10.4. The summed E-state index contributed by atoms with van der Waals surface area (Å²) in [6, 6.07) is 0.315. The Morgan fingerprint density at radius 3 is 2.73 bits per heavy atom. The topological polar surface area (TPSA) is 35.5 Å². The predicted octanol–water partition coefficient (Wildman–Crippen LogP) is 1.22. The van der Waals surface area contributed by atoms with E-state index < -0.39 is 0 Å². The van der Waals surface area contributed by atoms with E-state index in [4.69, 9.17) is 0 Å². The number of rotatable bonds is 5. The second kappa shape index (κ2) is 5.83. The summed E-state index contributed by atoms with van der Waals surface area (Å²) < 4.78 is 0. The van der Waals surface area contributed by atoms with Gasteiger partial charge in [0.05, 0.1) is 6.61 Å². The molecule has 1 heterocycles. The molecule has 0 aliphatic carbocycles. The Kier molecular flexibility index (Phi) is 5.03. The van der Waals surface area contributed by atoms with Gasteiger partial charge in [0, 0.05) is 24.7 Å². The molecule has 1 fully saturated rings. The standard InChI is InChI=1S/C12H26N2O/c1-4-5-6-7-14-10-12(2,3)13-8-11(14)9-15/h11,13,15H,4-10H2,1-3H3. The third-order valence-electron chi connectivity index (χ3n) is 3.19. The first kappa shape index (κ1) is 12.9. The van der Waals surface area contributed by atoms with Crippen LogP contribution < -0.4 is 5.32 Å². The molecule has 1 aliphatic heterocycles. The average molecular weight is 214 g/mol. The van der Waals surface area contributed by atoms with Gasteiger partial charge in [0.2, 0.25) is 0 Å². The average Bonchev–Trinajstić information content (AvgIpc) is 2.17. The number of nitrogens with one attached hydrogen (secondary N) is 1. The SMILES string of the molecule is CCCCCN1CC(C)(C)NCC1CO. The lowest BCUT2D eigenvalue weighted by Gasteiger charge is -2.44. The molecule has 0 bridgehead atoms. The highest BCUT2D eigenvalue weighted by molar-refractivity contribution is 4.91. The van der Waals surface area contributed by atoms with E-state index in [0.717, 1.165) is 19.6 Å². The van der Waals surface area contributed by atoms with Crippen molar-refractivity contribution in [1.82, 2.24) is 10.2 Å². The quantitative estimate of drug-likeness (QED) is 0.676. The van der Waals surface area contributed by atoms with Gasteiger partial charge in [-0.3, -0.25) is 4.90 Å². The van der Waals surface area contributed by atoms with E-state index in [9.17, 15) is 5.11 Å². The van der Waals surface area contributed by atoms with Crippen molar-refractivity contribution >= 4 is 0 Å². The lowest BCUT2D eigenvalue weighted by atomic mass is 9.98. The fraction of sp³-hybridized carbons (Fsp3) is 1.00. The van der Waals surface area contributed by atoms with Crippen molar-refractivity contribution < 1.29 is 5.11 Å². The van der Waals surface area contributed by atoms with Crippen LogP contribution in [0.15, 0.2) is 0 Å². The molecule has 0 amide bonds. The van der Waals surface area contributed by atoms with Gasteiger partial charge in [0.25, 0.3) is 0 Å². The van der Waals surface area contributed by atoms with E-state index in [1.807, 2.05) is 0 Å². The van der Waals surface area contributed by atoms with Crippen LogP contribution in [0.5, 0.6) is 0 Å². The molecule has 0 saturated carbocycles. The molecule has 1 saturated heterocycles. The summed E-state index contributed by atoms with van der Waals surface area (Å²) in [6.07, 6.45) is 3.81. The van der Waals surface area contributed by atoms with Crippen LogP contribution in [-0.4, -0.2) is 47.8 Å². The second-order valence-electron chi connectivity index (χ2n) is 5.28. The summed E-state index contributed by atoms with van der Waals surface area (Å²) >= 11 is 0. The van der Waals surface area contributed by atoms with Crippen LogP contribution in [0.3, 0.4) is 0 Å². The zero-order chi connectivity index (χ0) is 11.3. The summed E-state index contributed by atoms with van der Waals surface area (Å²) in [5.41, 5.74) is 0.192. The molecule has 3 nitrogen and oxygen atoms in total. The minimum Gasteiger partial charge on any atom is -0.395 e. The minimum absolute atomic E-state index is 0.192. The Morgan fingerprint density at radius 2 is 2.13 bits per heavy atom. The molecule has 90 valence electrons. The van der Waals surface area contributed by atoms with Crippen molar-refractivity contribution in [3.05, 3.63) is 0 Å². The van der Waals surface area contributed by atoms with Crippen molar-refractivity contribution in [1.29, 1.82) is 0 Å². The monoisotopic (exact) mass is 214 g/mol. The van der Waals surface area contributed by atoms with Crippen molar-refractivity contribution in [2.45, 2.75) is 51.6 Å². The molecule has 0 radical (unpaired) electrons. The van der Waals surface area contributed by atoms with Crippen molar-refractivity contribution in [3.63, 3.8) is 0 Å². The van der Waals surface area contributed by atoms with Crippen molar-refractivity contribution in [2.24, 2.45) is 0 Å². The molecule has 15 heavy (non-hydrogen) atoms. The number of aliphatic hydroxyl groups excluding tert-OH is 1. The molecule has 1 rings (SSSR count). The predicted molar refractivity (Wildman–Crippen MR) is 64.1 cm³/mol. The molecule has 0 aromatic rings. The Hall–Kier alpha value is -0.120. The Morgan fingerprint density at radius 1 is 1.40 bits per heavy atom. The first-order valence-electron chi connectivity index (χ1n) is 6.19. The Balaban J connectivity index is 2.41. The van der Waals surface area contributed by atoms with Gasteiger partial charge in [-0.05, 0) is 26.8 Å². The Labute approximate surface area is 93.9 Å².